The second-order valence-corrected chi connectivity index (χ2v) is 5.30. The first-order chi connectivity index (χ1) is 6.18. The van der Waals surface area contributed by atoms with Gasteiger partial charge in [-0.3, -0.25) is 0 Å². The van der Waals surface area contributed by atoms with E-state index in [0.717, 1.165) is 17.6 Å². The lowest BCUT2D eigenvalue weighted by molar-refractivity contribution is 0.573. The van der Waals surface area contributed by atoms with Crippen LogP contribution in [0.2, 0.25) is 0 Å². The lowest BCUT2D eigenvalue weighted by atomic mass is 10.1. The largest absolute Gasteiger partial charge is 0.362 e. The van der Waals surface area contributed by atoms with Gasteiger partial charge in [0.25, 0.3) is 0 Å². The Kier molecular flexibility index (Phi) is 4.88. The van der Waals surface area contributed by atoms with Gasteiger partial charge >= 0.3 is 0 Å². The fraction of sp³-hybridized carbons (Fsp3) is 0.889. The van der Waals surface area contributed by atoms with E-state index < -0.39 is 0 Å². The maximum atomic E-state index is 5.14. The zero-order valence-corrected chi connectivity index (χ0v) is 9.93. The molecule has 0 bridgehead atoms. The van der Waals surface area contributed by atoms with Gasteiger partial charge in [0, 0.05) is 12.6 Å². The van der Waals surface area contributed by atoms with Crippen LogP contribution in [0.5, 0.6) is 0 Å². The molecule has 0 aromatic carbocycles. The van der Waals surface area contributed by atoms with Crippen molar-refractivity contribution in [3.63, 3.8) is 0 Å². The number of hydrogen-bond acceptors (Lipinski definition) is 2. The molecular weight excluding hydrogens is 200 g/mol. The predicted molar refractivity (Wildman–Crippen MR) is 64.3 cm³/mol. The van der Waals surface area contributed by atoms with E-state index in [2.05, 4.69) is 24.5 Å². The van der Waals surface area contributed by atoms with Gasteiger partial charge in [-0.1, -0.05) is 0 Å². The minimum absolute atomic E-state index is 0.429. The highest BCUT2D eigenvalue weighted by molar-refractivity contribution is 7.99. The molecule has 0 aromatic heterocycles. The topological polar surface area (TPSA) is 24.1 Å². The molecular formula is C9H18N2S2. The average molecular weight is 218 g/mol. The molecule has 1 aliphatic heterocycles. The molecule has 1 unspecified atom stereocenters. The Hall–Kier alpha value is 0.0400. The molecule has 0 aliphatic carbocycles. The molecule has 2 N–H and O–H groups in total. The summed E-state index contributed by atoms with van der Waals surface area (Å²) in [6, 6.07) is 0.429. The van der Waals surface area contributed by atoms with Gasteiger partial charge in [-0.2, -0.15) is 11.8 Å². The van der Waals surface area contributed by atoms with Gasteiger partial charge in [0.15, 0.2) is 5.11 Å². The monoisotopic (exact) mass is 218 g/mol. The molecule has 0 aromatic rings. The molecule has 1 saturated heterocycles. The molecule has 1 aliphatic rings. The van der Waals surface area contributed by atoms with Crippen LogP contribution in [0.15, 0.2) is 0 Å². The van der Waals surface area contributed by atoms with E-state index in [1.807, 2.05) is 11.8 Å². The van der Waals surface area contributed by atoms with Gasteiger partial charge < -0.3 is 10.6 Å². The van der Waals surface area contributed by atoms with Crippen LogP contribution in [0, 0.1) is 5.92 Å². The summed E-state index contributed by atoms with van der Waals surface area (Å²) in [6.45, 7) is 5.23. The van der Waals surface area contributed by atoms with Crippen molar-refractivity contribution in [2.24, 2.45) is 5.92 Å². The molecule has 1 heterocycles. The summed E-state index contributed by atoms with van der Waals surface area (Å²) < 4.78 is 0. The van der Waals surface area contributed by atoms with Crippen molar-refractivity contribution in [3.05, 3.63) is 0 Å². The lowest BCUT2D eigenvalue weighted by Gasteiger charge is -2.15. The summed E-state index contributed by atoms with van der Waals surface area (Å²) in [5.74, 6) is 3.42. The van der Waals surface area contributed by atoms with E-state index in [-0.39, 0.29) is 0 Å². The summed E-state index contributed by atoms with van der Waals surface area (Å²) >= 11 is 7.18. The maximum absolute atomic E-state index is 5.14. The first-order valence-corrected chi connectivity index (χ1v) is 6.37. The molecule has 0 radical (unpaired) electrons. The molecule has 0 saturated carbocycles. The highest BCUT2D eigenvalue weighted by atomic mass is 32.2. The quantitative estimate of drug-likeness (QED) is 0.703. The zero-order valence-electron chi connectivity index (χ0n) is 8.30. The molecule has 13 heavy (non-hydrogen) atoms. The fourth-order valence-electron chi connectivity index (χ4n) is 1.29. The van der Waals surface area contributed by atoms with E-state index >= 15 is 0 Å². The van der Waals surface area contributed by atoms with Crippen LogP contribution in [-0.2, 0) is 0 Å². The van der Waals surface area contributed by atoms with E-state index in [4.69, 9.17) is 12.2 Å². The number of thioether (sulfide) groups is 1. The Morgan fingerprint density at radius 3 is 2.92 bits per heavy atom. The predicted octanol–water partition coefficient (Wildman–Crippen LogP) is 1.61. The summed E-state index contributed by atoms with van der Waals surface area (Å²) in [7, 11) is 0. The number of rotatable bonds is 3. The lowest BCUT2D eigenvalue weighted by Crippen LogP contribution is -2.41. The summed E-state index contributed by atoms with van der Waals surface area (Å²) in [5.41, 5.74) is 0. The van der Waals surface area contributed by atoms with E-state index in [9.17, 15) is 0 Å². The van der Waals surface area contributed by atoms with E-state index in [1.54, 1.807) is 0 Å². The third-order valence-corrected chi connectivity index (χ3v) is 3.49. The first kappa shape index (κ1) is 11.1. The van der Waals surface area contributed by atoms with Gasteiger partial charge in [0.05, 0.1) is 0 Å². The Balaban J connectivity index is 2.07. The van der Waals surface area contributed by atoms with Crippen LogP contribution in [0.1, 0.15) is 20.3 Å². The minimum atomic E-state index is 0.429. The van der Waals surface area contributed by atoms with Crippen molar-refractivity contribution in [1.29, 1.82) is 0 Å². The smallest absolute Gasteiger partial charge is 0.166 e. The van der Waals surface area contributed by atoms with Crippen LogP contribution in [0.25, 0.3) is 0 Å². The first-order valence-electron chi connectivity index (χ1n) is 4.80. The van der Waals surface area contributed by atoms with Crippen LogP contribution in [-0.4, -0.2) is 29.2 Å². The third kappa shape index (κ3) is 4.72. The van der Waals surface area contributed by atoms with Crippen molar-refractivity contribution in [1.82, 2.24) is 10.6 Å². The van der Waals surface area contributed by atoms with Gasteiger partial charge in [0.1, 0.15) is 0 Å². The number of nitrogens with one attached hydrogen (secondary N) is 2. The fourth-order valence-corrected chi connectivity index (χ4v) is 2.90. The van der Waals surface area contributed by atoms with Crippen LogP contribution in [0.4, 0.5) is 0 Å². The Morgan fingerprint density at radius 2 is 2.38 bits per heavy atom. The molecule has 1 atom stereocenters. The highest BCUT2D eigenvalue weighted by Crippen LogP contribution is 2.22. The van der Waals surface area contributed by atoms with Crippen LogP contribution < -0.4 is 10.6 Å². The zero-order chi connectivity index (χ0) is 9.68. The van der Waals surface area contributed by atoms with Crippen molar-refractivity contribution >= 4 is 29.1 Å². The Labute approximate surface area is 90.2 Å². The standard InChI is InChI=1S/C9H18N2S2/c1-7(2)11-9(12)10-5-8-3-4-13-6-8/h7-8H,3-6H2,1-2H3,(H2,10,11,12). The van der Waals surface area contributed by atoms with E-state index in [1.165, 1.54) is 17.9 Å². The van der Waals surface area contributed by atoms with Crippen LogP contribution in [0.3, 0.4) is 0 Å². The van der Waals surface area contributed by atoms with Crippen molar-refractivity contribution in [3.8, 4) is 0 Å². The SMILES string of the molecule is CC(C)NC(=S)NCC1CCSC1. The van der Waals surface area contributed by atoms with Gasteiger partial charge in [-0.15, -0.1) is 0 Å². The minimum Gasteiger partial charge on any atom is -0.362 e. The molecule has 1 rings (SSSR count). The van der Waals surface area contributed by atoms with E-state index in [0.29, 0.717) is 6.04 Å². The molecule has 0 amide bonds. The van der Waals surface area contributed by atoms with Crippen molar-refractivity contribution in [2.75, 3.05) is 18.1 Å². The molecule has 0 spiro atoms. The summed E-state index contributed by atoms with van der Waals surface area (Å²) in [6.07, 6.45) is 1.34. The second-order valence-electron chi connectivity index (χ2n) is 3.74. The van der Waals surface area contributed by atoms with Crippen LogP contribution >= 0.6 is 24.0 Å². The number of thiocarbonyl (C=S) groups is 1. The third-order valence-electron chi connectivity index (χ3n) is 2.00. The molecule has 2 nitrogen and oxygen atoms in total. The maximum Gasteiger partial charge on any atom is 0.166 e. The van der Waals surface area contributed by atoms with Gasteiger partial charge in [0.2, 0.25) is 0 Å². The van der Waals surface area contributed by atoms with Crippen molar-refractivity contribution in [2.45, 2.75) is 26.3 Å². The van der Waals surface area contributed by atoms with Gasteiger partial charge in [-0.25, -0.2) is 0 Å². The Morgan fingerprint density at radius 1 is 1.62 bits per heavy atom. The molecule has 1 fully saturated rings. The summed E-state index contributed by atoms with van der Waals surface area (Å²) in [4.78, 5) is 0. The normalized spacial score (nSPS) is 21.9. The molecule has 4 heteroatoms. The summed E-state index contributed by atoms with van der Waals surface area (Å²) in [5, 5.41) is 7.24. The average Bonchev–Trinajstić information content (AvgIpc) is 2.51. The number of hydrogen-bond donors (Lipinski definition) is 2. The second kappa shape index (κ2) is 5.70. The highest BCUT2D eigenvalue weighted by Gasteiger charge is 2.15. The molecule has 76 valence electrons. The van der Waals surface area contributed by atoms with Crippen molar-refractivity contribution < 1.29 is 0 Å². The van der Waals surface area contributed by atoms with Gasteiger partial charge in [-0.05, 0) is 49.9 Å². The Bertz CT molecular complexity index is 165.